The summed E-state index contributed by atoms with van der Waals surface area (Å²) in [6.45, 7) is 1.54. The van der Waals surface area contributed by atoms with Gasteiger partial charge < -0.3 is 24.8 Å². The van der Waals surface area contributed by atoms with E-state index < -0.39 is 6.09 Å². The second kappa shape index (κ2) is 9.89. The molecular weight excluding hydrogens is 454 g/mol. The van der Waals surface area contributed by atoms with Gasteiger partial charge in [-0.25, -0.2) is 9.78 Å². The van der Waals surface area contributed by atoms with E-state index in [1.807, 2.05) is 6.07 Å². The van der Waals surface area contributed by atoms with Crippen LogP contribution in [0.2, 0.25) is 0 Å². The maximum absolute atomic E-state index is 12.4. The Labute approximate surface area is 200 Å². The van der Waals surface area contributed by atoms with E-state index in [2.05, 4.69) is 30.8 Å². The molecule has 12 nitrogen and oxygen atoms in total. The Bertz CT molecular complexity index is 1250. The second-order valence-corrected chi connectivity index (χ2v) is 8.00. The maximum Gasteiger partial charge on any atom is 0.415 e. The first kappa shape index (κ1) is 22.5. The van der Waals surface area contributed by atoms with Crippen LogP contribution in [0.1, 0.15) is 12.0 Å². The van der Waals surface area contributed by atoms with Gasteiger partial charge in [0.25, 0.3) is 5.91 Å². The molecule has 0 saturated carbocycles. The topological polar surface area (TPSA) is 141 Å². The number of aromatic nitrogens is 4. The highest BCUT2D eigenvalue weighted by atomic mass is 16.6. The standard InChI is InChI=1S/C23H23N7O5/c1-33-17-7-18(29-26-11-17)15-6-14(9-25-10-15)8-24-5-4-16-12-30(23(32)35-16)20-3-2-19-22(27-20)28-21(31)13-34-19/h2-3,6-7,9-11,16,24H,4-5,8,12-13H2,1H3,(H,27,28,31). The lowest BCUT2D eigenvalue weighted by molar-refractivity contribution is -0.118. The zero-order valence-corrected chi connectivity index (χ0v) is 18.9. The van der Waals surface area contributed by atoms with E-state index in [4.69, 9.17) is 14.2 Å². The van der Waals surface area contributed by atoms with E-state index in [9.17, 15) is 9.59 Å². The largest absolute Gasteiger partial charge is 0.495 e. The van der Waals surface area contributed by atoms with Gasteiger partial charge in [-0.15, -0.1) is 0 Å². The summed E-state index contributed by atoms with van der Waals surface area (Å²) in [6, 6.07) is 7.15. The monoisotopic (exact) mass is 477 g/mol. The van der Waals surface area contributed by atoms with Gasteiger partial charge >= 0.3 is 6.09 Å². The van der Waals surface area contributed by atoms with Crippen molar-refractivity contribution < 1.29 is 23.8 Å². The molecule has 2 aliphatic rings. The minimum atomic E-state index is -0.471. The van der Waals surface area contributed by atoms with Gasteiger partial charge in [0.2, 0.25) is 0 Å². The molecule has 2 aliphatic heterocycles. The average Bonchev–Trinajstić information content (AvgIpc) is 3.26. The number of carbonyl (C=O) groups is 2. The third-order valence-electron chi connectivity index (χ3n) is 5.54. The summed E-state index contributed by atoms with van der Waals surface area (Å²) in [5.74, 6) is 1.51. The summed E-state index contributed by atoms with van der Waals surface area (Å²) in [7, 11) is 1.58. The Morgan fingerprint density at radius 1 is 1.23 bits per heavy atom. The number of anilines is 2. The average molecular weight is 477 g/mol. The van der Waals surface area contributed by atoms with Gasteiger partial charge in [0.15, 0.2) is 18.2 Å². The van der Waals surface area contributed by atoms with Crippen LogP contribution in [0.4, 0.5) is 16.4 Å². The van der Waals surface area contributed by atoms with E-state index >= 15 is 0 Å². The molecule has 0 aromatic carbocycles. The quantitative estimate of drug-likeness (QED) is 0.461. The summed E-state index contributed by atoms with van der Waals surface area (Å²) in [5.41, 5.74) is 2.51. The molecule has 12 heteroatoms. The second-order valence-electron chi connectivity index (χ2n) is 8.00. The van der Waals surface area contributed by atoms with E-state index in [-0.39, 0.29) is 18.6 Å². The maximum atomic E-state index is 12.4. The van der Waals surface area contributed by atoms with Crippen LogP contribution in [0.3, 0.4) is 0 Å². The lowest BCUT2D eigenvalue weighted by Gasteiger charge is -2.19. The number of carbonyl (C=O) groups excluding carboxylic acids is 2. The van der Waals surface area contributed by atoms with Crippen LogP contribution in [0.25, 0.3) is 11.3 Å². The molecule has 180 valence electrons. The lowest BCUT2D eigenvalue weighted by Crippen LogP contribution is -2.29. The molecule has 1 atom stereocenters. The molecule has 0 aliphatic carbocycles. The van der Waals surface area contributed by atoms with Crippen LogP contribution in [-0.4, -0.2) is 65.1 Å². The third-order valence-corrected chi connectivity index (χ3v) is 5.54. The Morgan fingerprint density at radius 3 is 3.03 bits per heavy atom. The first-order valence-electron chi connectivity index (χ1n) is 11.0. The van der Waals surface area contributed by atoms with Crippen molar-refractivity contribution in [3.63, 3.8) is 0 Å². The first-order valence-corrected chi connectivity index (χ1v) is 11.0. The normalized spacial score (nSPS) is 16.8. The van der Waals surface area contributed by atoms with Gasteiger partial charge in [0.1, 0.15) is 17.7 Å². The molecule has 5 heterocycles. The minimum absolute atomic E-state index is 0.0513. The fourth-order valence-electron chi connectivity index (χ4n) is 3.78. The smallest absolute Gasteiger partial charge is 0.415 e. The van der Waals surface area contributed by atoms with Crippen molar-refractivity contribution >= 4 is 23.6 Å². The molecule has 2 N–H and O–H groups in total. The van der Waals surface area contributed by atoms with Crippen LogP contribution in [0.15, 0.2) is 42.9 Å². The number of cyclic esters (lactones) is 1. The predicted octanol–water partition coefficient (Wildman–Crippen LogP) is 1.78. The number of ether oxygens (including phenoxy) is 3. The Balaban J connectivity index is 1.13. The van der Waals surface area contributed by atoms with E-state index in [0.717, 1.165) is 11.1 Å². The zero-order chi connectivity index (χ0) is 24.2. The van der Waals surface area contributed by atoms with Crippen molar-refractivity contribution in [2.45, 2.75) is 19.1 Å². The van der Waals surface area contributed by atoms with Crippen molar-refractivity contribution in [2.75, 3.05) is 37.0 Å². The van der Waals surface area contributed by atoms with Crippen LogP contribution >= 0.6 is 0 Å². The number of methoxy groups -OCH3 is 1. The van der Waals surface area contributed by atoms with Gasteiger partial charge in [0, 0.05) is 30.6 Å². The molecule has 5 rings (SSSR count). The van der Waals surface area contributed by atoms with Crippen molar-refractivity contribution in [2.24, 2.45) is 0 Å². The number of nitrogens with zero attached hydrogens (tertiary/aromatic N) is 5. The number of rotatable bonds is 8. The highest BCUT2D eigenvalue weighted by Crippen LogP contribution is 2.30. The third kappa shape index (κ3) is 5.11. The predicted molar refractivity (Wildman–Crippen MR) is 124 cm³/mol. The van der Waals surface area contributed by atoms with E-state index in [1.165, 1.54) is 4.90 Å². The van der Waals surface area contributed by atoms with Crippen molar-refractivity contribution in [1.29, 1.82) is 0 Å². The molecule has 0 bridgehead atoms. The molecule has 1 fully saturated rings. The summed E-state index contributed by atoms with van der Waals surface area (Å²) in [6.07, 6.45) is 4.93. The fourth-order valence-corrected chi connectivity index (χ4v) is 3.78. The fraction of sp³-hybridized carbons (Fsp3) is 0.304. The van der Waals surface area contributed by atoms with E-state index in [1.54, 1.807) is 43.9 Å². The zero-order valence-electron chi connectivity index (χ0n) is 18.9. The number of nitrogens with one attached hydrogen (secondary N) is 2. The van der Waals surface area contributed by atoms with E-state index in [0.29, 0.717) is 54.9 Å². The number of hydrogen-bond acceptors (Lipinski definition) is 10. The van der Waals surface area contributed by atoms with Crippen molar-refractivity contribution in [1.82, 2.24) is 25.5 Å². The number of amides is 2. The van der Waals surface area contributed by atoms with Crippen LogP contribution < -0.4 is 25.0 Å². The summed E-state index contributed by atoms with van der Waals surface area (Å²) >= 11 is 0. The highest BCUT2D eigenvalue weighted by Gasteiger charge is 2.33. The molecular formula is C23H23N7O5. The Kier molecular flexibility index (Phi) is 6.35. The molecule has 1 unspecified atom stereocenters. The van der Waals surface area contributed by atoms with Crippen molar-refractivity contribution in [3.8, 4) is 22.8 Å². The number of hydrogen-bond donors (Lipinski definition) is 2. The summed E-state index contributed by atoms with van der Waals surface area (Å²) in [5, 5.41) is 14.1. The lowest BCUT2D eigenvalue weighted by atomic mass is 10.1. The molecule has 1 saturated heterocycles. The Morgan fingerprint density at radius 2 is 2.14 bits per heavy atom. The molecule has 3 aromatic heterocycles. The minimum Gasteiger partial charge on any atom is -0.495 e. The molecule has 0 radical (unpaired) electrons. The number of pyridine rings is 2. The van der Waals surface area contributed by atoms with Crippen LogP contribution in [0.5, 0.6) is 11.5 Å². The van der Waals surface area contributed by atoms with Gasteiger partial charge in [-0.05, 0) is 36.7 Å². The molecule has 2 amide bonds. The van der Waals surface area contributed by atoms with Crippen LogP contribution in [-0.2, 0) is 16.1 Å². The molecule has 35 heavy (non-hydrogen) atoms. The van der Waals surface area contributed by atoms with Crippen LogP contribution in [0, 0.1) is 0 Å². The van der Waals surface area contributed by atoms with Crippen molar-refractivity contribution in [3.05, 3.63) is 48.4 Å². The van der Waals surface area contributed by atoms with Gasteiger partial charge in [0.05, 0.1) is 25.5 Å². The summed E-state index contributed by atoms with van der Waals surface area (Å²) in [4.78, 5) is 34.0. The molecule has 0 spiro atoms. The summed E-state index contributed by atoms with van der Waals surface area (Å²) < 4.78 is 16.0. The van der Waals surface area contributed by atoms with Gasteiger partial charge in [-0.2, -0.15) is 10.2 Å². The highest BCUT2D eigenvalue weighted by molar-refractivity contribution is 5.95. The molecule has 3 aromatic rings. The van der Waals surface area contributed by atoms with Gasteiger partial charge in [-0.1, -0.05) is 0 Å². The number of fused-ring (bicyclic) bond motifs is 1. The van der Waals surface area contributed by atoms with Gasteiger partial charge in [-0.3, -0.25) is 14.7 Å². The Hall–Kier alpha value is -4.32. The SMILES string of the molecule is COc1cnnc(-c2cncc(CNCCC3CN(c4ccc5c(n4)NC(=O)CO5)C(=O)O3)c2)c1. The first-order chi connectivity index (χ1) is 17.1.